The summed E-state index contributed by atoms with van der Waals surface area (Å²) in [5.74, 6) is 0.934. The molecule has 4 rings (SSSR count). The summed E-state index contributed by atoms with van der Waals surface area (Å²) in [4.78, 5) is 19.8. The largest absolute Gasteiger partial charge is 0.340 e. The number of piperidine rings is 1. The first-order valence-electron chi connectivity index (χ1n) is 10.9. The topological polar surface area (TPSA) is 26.8 Å². The zero-order chi connectivity index (χ0) is 19.3. The van der Waals surface area contributed by atoms with Gasteiger partial charge in [0.25, 0.3) is 0 Å². The highest BCUT2D eigenvalue weighted by Gasteiger charge is 2.26. The maximum Gasteiger partial charge on any atom is 0.222 e. The van der Waals surface area contributed by atoms with E-state index in [1.54, 1.807) is 0 Å². The van der Waals surface area contributed by atoms with Crippen LogP contribution in [0.1, 0.15) is 31.7 Å². The van der Waals surface area contributed by atoms with E-state index in [9.17, 15) is 4.79 Å². The van der Waals surface area contributed by atoms with Crippen molar-refractivity contribution >= 4 is 16.7 Å². The van der Waals surface area contributed by atoms with Gasteiger partial charge in [-0.1, -0.05) is 49.4 Å². The number of benzene rings is 2. The van der Waals surface area contributed by atoms with E-state index in [-0.39, 0.29) is 0 Å². The summed E-state index contributed by atoms with van der Waals surface area (Å²) in [5.41, 5.74) is 1.42. The number of piperazine rings is 1. The summed E-state index contributed by atoms with van der Waals surface area (Å²) in [6, 6.07) is 15.3. The molecule has 150 valence electrons. The summed E-state index contributed by atoms with van der Waals surface area (Å²) in [6.45, 7) is 10.4. The number of likely N-dealkylation sites (N-methyl/N-ethyl adjacent to an activating group) is 1. The first kappa shape index (κ1) is 19.4. The quantitative estimate of drug-likeness (QED) is 0.794. The van der Waals surface area contributed by atoms with Gasteiger partial charge in [0.15, 0.2) is 0 Å². The molecule has 0 aromatic heterocycles. The third-order valence-electron chi connectivity index (χ3n) is 6.62. The highest BCUT2D eigenvalue weighted by molar-refractivity contribution is 5.85. The number of nitrogens with zero attached hydrogens (tertiary/aromatic N) is 3. The van der Waals surface area contributed by atoms with Crippen molar-refractivity contribution in [3.8, 4) is 0 Å². The van der Waals surface area contributed by atoms with Crippen molar-refractivity contribution in [1.29, 1.82) is 0 Å². The van der Waals surface area contributed by atoms with Gasteiger partial charge in [0.05, 0.1) is 0 Å². The predicted octanol–water partition coefficient (Wildman–Crippen LogP) is 3.61. The van der Waals surface area contributed by atoms with Crippen LogP contribution in [-0.4, -0.2) is 66.4 Å². The third kappa shape index (κ3) is 4.56. The van der Waals surface area contributed by atoms with Gasteiger partial charge in [-0.3, -0.25) is 9.69 Å². The zero-order valence-electron chi connectivity index (χ0n) is 17.1. The Morgan fingerprint density at radius 3 is 2.36 bits per heavy atom. The molecule has 2 fully saturated rings. The van der Waals surface area contributed by atoms with Crippen molar-refractivity contribution in [2.45, 2.75) is 32.7 Å². The second-order valence-electron chi connectivity index (χ2n) is 8.38. The third-order valence-corrected chi connectivity index (χ3v) is 6.62. The van der Waals surface area contributed by atoms with E-state index >= 15 is 0 Å². The van der Waals surface area contributed by atoms with Crippen LogP contribution in [0.15, 0.2) is 42.5 Å². The Balaban J connectivity index is 1.26. The van der Waals surface area contributed by atoms with Gasteiger partial charge in [-0.25, -0.2) is 0 Å². The smallest absolute Gasteiger partial charge is 0.222 e. The summed E-state index contributed by atoms with van der Waals surface area (Å²) in [6.07, 6.45) is 3.03. The van der Waals surface area contributed by atoms with Crippen LogP contribution >= 0.6 is 0 Å². The molecule has 0 unspecified atom stereocenters. The van der Waals surface area contributed by atoms with E-state index in [0.29, 0.717) is 11.8 Å². The van der Waals surface area contributed by atoms with Crippen LogP contribution in [-0.2, 0) is 11.3 Å². The van der Waals surface area contributed by atoms with Gasteiger partial charge in [-0.05, 0) is 54.7 Å². The first-order chi connectivity index (χ1) is 13.7. The molecular weight excluding hydrogens is 346 g/mol. The molecule has 28 heavy (non-hydrogen) atoms. The lowest BCUT2D eigenvalue weighted by molar-refractivity contribution is -0.134. The molecule has 1 amide bonds. The van der Waals surface area contributed by atoms with Crippen LogP contribution in [0.3, 0.4) is 0 Å². The number of amides is 1. The summed E-state index contributed by atoms with van der Waals surface area (Å²) in [7, 11) is 0. The van der Waals surface area contributed by atoms with Crippen molar-refractivity contribution in [3.05, 3.63) is 48.0 Å². The van der Waals surface area contributed by atoms with Gasteiger partial charge in [0.1, 0.15) is 0 Å². The van der Waals surface area contributed by atoms with E-state index in [2.05, 4.69) is 64.1 Å². The number of hydrogen-bond acceptors (Lipinski definition) is 3. The normalized spacial score (nSPS) is 20.0. The Morgan fingerprint density at radius 2 is 1.61 bits per heavy atom. The molecule has 0 radical (unpaired) electrons. The van der Waals surface area contributed by atoms with Gasteiger partial charge in [-0.2, -0.15) is 0 Å². The maximum absolute atomic E-state index is 12.7. The molecule has 0 saturated carbocycles. The fraction of sp³-hybridized carbons (Fsp3) is 0.542. The van der Waals surface area contributed by atoms with Gasteiger partial charge < -0.3 is 9.80 Å². The molecule has 2 aliphatic heterocycles. The molecule has 2 heterocycles. The number of fused-ring (bicyclic) bond motifs is 1. The number of hydrogen-bond donors (Lipinski definition) is 0. The molecule has 2 aromatic rings. The molecule has 2 saturated heterocycles. The van der Waals surface area contributed by atoms with E-state index in [1.807, 2.05) is 0 Å². The molecule has 0 N–H and O–H groups in total. The molecule has 0 atom stereocenters. The molecule has 0 bridgehead atoms. The maximum atomic E-state index is 12.7. The summed E-state index contributed by atoms with van der Waals surface area (Å²) >= 11 is 0. The fourth-order valence-corrected chi connectivity index (χ4v) is 4.71. The summed E-state index contributed by atoms with van der Waals surface area (Å²) < 4.78 is 0. The molecule has 4 heteroatoms. The average Bonchev–Trinajstić information content (AvgIpc) is 2.75. The summed E-state index contributed by atoms with van der Waals surface area (Å²) in [5, 5.41) is 2.69. The lowest BCUT2D eigenvalue weighted by Gasteiger charge is -2.36. The van der Waals surface area contributed by atoms with E-state index in [0.717, 1.165) is 71.6 Å². The number of rotatable bonds is 5. The second-order valence-corrected chi connectivity index (χ2v) is 8.38. The number of carbonyl (C=O) groups is 1. The molecule has 4 nitrogen and oxygen atoms in total. The van der Waals surface area contributed by atoms with Crippen molar-refractivity contribution in [2.75, 3.05) is 45.8 Å². The van der Waals surface area contributed by atoms with E-state index in [1.165, 1.54) is 16.3 Å². The lowest BCUT2D eigenvalue weighted by atomic mass is 9.92. The fourth-order valence-electron chi connectivity index (χ4n) is 4.71. The number of likely N-dealkylation sites (tertiary alicyclic amines) is 1. The van der Waals surface area contributed by atoms with Crippen molar-refractivity contribution in [3.63, 3.8) is 0 Å². The van der Waals surface area contributed by atoms with Crippen LogP contribution in [0.25, 0.3) is 10.8 Å². The Morgan fingerprint density at radius 1 is 0.893 bits per heavy atom. The highest BCUT2D eigenvalue weighted by Crippen LogP contribution is 2.25. The standard InChI is InChI=1S/C24H33N3O/c1-2-25-14-16-27(17-15-25)24(28)18-20-10-12-26(13-11-20)19-22-8-5-7-21-6-3-4-9-23(21)22/h3-9,20H,2,10-19H2,1H3. The van der Waals surface area contributed by atoms with Gasteiger partial charge in [0.2, 0.25) is 5.91 Å². The number of carbonyl (C=O) groups excluding carboxylic acids is 1. The van der Waals surface area contributed by atoms with Crippen LogP contribution in [0, 0.1) is 5.92 Å². The van der Waals surface area contributed by atoms with E-state index < -0.39 is 0 Å². The minimum atomic E-state index is 0.378. The Kier molecular flexibility index (Phi) is 6.28. The molecule has 2 aromatic carbocycles. The van der Waals surface area contributed by atoms with Crippen molar-refractivity contribution in [1.82, 2.24) is 14.7 Å². The average molecular weight is 380 g/mol. The van der Waals surface area contributed by atoms with Crippen LogP contribution in [0.2, 0.25) is 0 Å². The minimum absolute atomic E-state index is 0.378. The van der Waals surface area contributed by atoms with Crippen LogP contribution in [0.4, 0.5) is 0 Å². The SMILES string of the molecule is CCN1CCN(C(=O)CC2CCN(Cc3cccc4ccccc34)CC2)CC1. The van der Waals surface area contributed by atoms with Crippen molar-refractivity contribution in [2.24, 2.45) is 5.92 Å². The lowest BCUT2D eigenvalue weighted by Crippen LogP contribution is -2.49. The van der Waals surface area contributed by atoms with E-state index in [4.69, 9.17) is 0 Å². The molecule has 0 spiro atoms. The highest BCUT2D eigenvalue weighted by atomic mass is 16.2. The Labute approximate surface area is 169 Å². The van der Waals surface area contributed by atoms with Gasteiger partial charge in [-0.15, -0.1) is 0 Å². The zero-order valence-corrected chi connectivity index (χ0v) is 17.1. The molecule has 0 aliphatic carbocycles. The van der Waals surface area contributed by atoms with Crippen LogP contribution in [0.5, 0.6) is 0 Å². The first-order valence-corrected chi connectivity index (χ1v) is 10.9. The van der Waals surface area contributed by atoms with Gasteiger partial charge in [0, 0.05) is 39.1 Å². The Bertz CT molecular complexity index is 784. The minimum Gasteiger partial charge on any atom is -0.340 e. The molecular formula is C24H33N3O. The predicted molar refractivity (Wildman–Crippen MR) is 115 cm³/mol. The second kappa shape index (κ2) is 9.06. The van der Waals surface area contributed by atoms with Crippen LogP contribution < -0.4 is 0 Å². The van der Waals surface area contributed by atoms with Gasteiger partial charge >= 0.3 is 0 Å². The monoisotopic (exact) mass is 379 g/mol. The molecule has 2 aliphatic rings. The Hall–Kier alpha value is -1.91. The van der Waals surface area contributed by atoms with Crippen molar-refractivity contribution < 1.29 is 4.79 Å².